The number of benzene rings is 5. The first-order valence-corrected chi connectivity index (χ1v) is 22.0. The van der Waals surface area contributed by atoms with Gasteiger partial charge in [0.05, 0.1) is 17.1 Å². The molecule has 0 saturated carbocycles. The molecule has 3 heterocycles. The van der Waals surface area contributed by atoms with Crippen LogP contribution in [0.15, 0.2) is 164 Å². The SMILES string of the molecule is Cc1ccc(-c2ccc(CCc3cc(CCc4ccc(-c5ccc(C)cn5)cc4)cc(-c4ccccc4-c4ccc(-c5cc(OS(=O)(=O)C(F)(F)F)c(C)cn5)cc4)c3)cc2)nc1. The highest BCUT2D eigenvalue weighted by molar-refractivity contribution is 7.88. The molecule has 0 N–H and O–H groups in total. The van der Waals surface area contributed by atoms with E-state index in [0.29, 0.717) is 5.56 Å². The molecule has 0 unspecified atom stereocenters. The summed E-state index contributed by atoms with van der Waals surface area (Å²) in [7, 11) is -5.85. The first-order chi connectivity index (χ1) is 30.3. The smallest absolute Gasteiger partial charge is 0.376 e. The summed E-state index contributed by atoms with van der Waals surface area (Å²) in [6.07, 6.45) is 8.49. The Morgan fingerprint density at radius 1 is 0.460 bits per heavy atom. The van der Waals surface area contributed by atoms with Crippen molar-refractivity contribution in [2.24, 2.45) is 0 Å². The average Bonchev–Trinajstić information content (AvgIpc) is 3.29. The summed E-state index contributed by atoms with van der Waals surface area (Å²) < 4.78 is 67.3. The van der Waals surface area contributed by atoms with Gasteiger partial charge in [-0.2, -0.15) is 21.6 Å². The molecule has 0 fully saturated rings. The zero-order chi connectivity index (χ0) is 44.1. The highest BCUT2D eigenvalue weighted by Gasteiger charge is 2.48. The second-order valence-electron chi connectivity index (χ2n) is 15.8. The molecule has 0 saturated heterocycles. The lowest BCUT2D eigenvalue weighted by Crippen LogP contribution is -2.28. The maximum absolute atomic E-state index is 13.1. The van der Waals surface area contributed by atoms with E-state index in [4.69, 9.17) is 0 Å². The highest BCUT2D eigenvalue weighted by atomic mass is 32.2. The zero-order valence-electron chi connectivity index (χ0n) is 35.0. The standard InChI is InChI=1S/C53H44F3N3O3S/c1-35-8-26-49(57-32-35)43-18-14-38(15-19-43)10-12-40-28-41(13-11-39-16-20-44(21-17-39)50-27-9-36(2)33-58-50)30-46(29-40)48-7-5-4-6-47(48)42-22-24-45(25-23-42)51-31-52(37(3)34-59-51)62-63(60,61)53(54,55)56/h4-9,14-34H,10-13H2,1-3H3. The summed E-state index contributed by atoms with van der Waals surface area (Å²) in [5, 5.41) is 0. The molecule has 8 aromatic rings. The zero-order valence-corrected chi connectivity index (χ0v) is 35.8. The number of aryl methyl sites for hydroxylation is 7. The molecule has 5 aromatic carbocycles. The van der Waals surface area contributed by atoms with E-state index in [1.165, 1.54) is 41.4 Å². The van der Waals surface area contributed by atoms with Crippen LogP contribution in [-0.4, -0.2) is 28.9 Å². The third kappa shape index (κ3) is 10.2. The number of pyridine rings is 3. The number of aromatic nitrogens is 3. The fraction of sp³-hybridized carbons (Fsp3) is 0.151. The molecule has 8 rings (SSSR count). The fourth-order valence-corrected chi connectivity index (χ4v) is 7.98. The van der Waals surface area contributed by atoms with Crippen molar-refractivity contribution in [2.45, 2.75) is 52.0 Å². The molecule has 63 heavy (non-hydrogen) atoms. The Labute approximate surface area is 366 Å². The van der Waals surface area contributed by atoms with E-state index in [-0.39, 0.29) is 11.3 Å². The lowest BCUT2D eigenvalue weighted by Gasteiger charge is -2.15. The van der Waals surface area contributed by atoms with Crippen LogP contribution in [-0.2, 0) is 35.8 Å². The third-order valence-corrected chi connectivity index (χ3v) is 12.0. The Balaban J connectivity index is 1.07. The Morgan fingerprint density at radius 2 is 0.889 bits per heavy atom. The van der Waals surface area contributed by atoms with Crippen LogP contribution in [0.4, 0.5) is 13.2 Å². The molecule has 0 atom stereocenters. The summed E-state index contributed by atoms with van der Waals surface area (Å²) >= 11 is 0. The minimum atomic E-state index is -5.85. The molecule has 3 aromatic heterocycles. The summed E-state index contributed by atoms with van der Waals surface area (Å²) in [5.41, 5.74) is 10.8. The molecule has 0 aliphatic heterocycles. The van der Waals surface area contributed by atoms with Crippen LogP contribution in [0.2, 0.25) is 0 Å². The van der Waals surface area contributed by atoms with Gasteiger partial charge in [0.1, 0.15) is 5.75 Å². The van der Waals surface area contributed by atoms with Crippen LogP contribution in [0.3, 0.4) is 0 Å². The molecule has 0 amide bonds. The van der Waals surface area contributed by atoms with Crippen molar-refractivity contribution < 1.29 is 25.8 Å². The van der Waals surface area contributed by atoms with Gasteiger partial charge < -0.3 is 4.18 Å². The van der Waals surface area contributed by atoms with Gasteiger partial charge in [-0.25, -0.2) is 0 Å². The Kier molecular flexibility index (Phi) is 12.4. The van der Waals surface area contributed by atoms with E-state index in [9.17, 15) is 21.6 Å². The van der Waals surface area contributed by atoms with Gasteiger partial charge in [-0.1, -0.05) is 127 Å². The molecule has 0 bridgehead atoms. The second kappa shape index (κ2) is 18.2. The molecule has 10 heteroatoms. The average molecular weight is 860 g/mol. The Hall–Kier alpha value is -6.91. The van der Waals surface area contributed by atoms with Crippen LogP contribution in [0.1, 0.15) is 38.9 Å². The maximum Gasteiger partial charge on any atom is 0.534 e. The summed E-state index contributed by atoms with van der Waals surface area (Å²) in [6.45, 7) is 5.50. The molecule has 0 spiro atoms. The van der Waals surface area contributed by atoms with Gasteiger partial charge in [0.2, 0.25) is 0 Å². The predicted molar refractivity (Wildman–Crippen MR) is 245 cm³/mol. The molecular formula is C53H44F3N3O3S. The minimum absolute atomic E-state index is 0.154. The predicted octanol–water partition coefficient (Wildman–Crippen LogP) is 12.9. The summed E-state index contributed by atoms with van der Waals surface area (Å²) in [6, 6.07) is 49.3. The lowest BCUT2D eigenvalue weighted by molar-refractivity contribution is -0.0500. The van der Waals surface area contributed by atoms with Gasteiger partial charge in [0.15, 0.2) is 0 Å². The van der Waals surface area contributed by atoms with Crippen LogP contribution in [0.5, 0.6) is 5.75 Å². The van der Waals surface area contributed by atoms with Crippen LogP contribution >= 0.6 is 0 Å². The van der Waals surface area contributed by atoms with Crippen molar-refractivity contribution in [3.05, 3.63) is 203 Å². The number of halogens is 3. The van der Waals surface area contributed by atoms with Crippen molar-refractivity contribution in [3.63, 3.8) is 0 Å². The number of rotatable bonds is 13. The molecular weight excluding hydrogens is 816 g/mol. The summed E-state index contributed by atoms with van der Waals surface area (Å²) in [4.78, 5) is 13.5. The van der Waals surface area contributed by atoms with Crippen molar-refractivity contribution >= 4 is 10.1 Å². The topological polar surface area (TPSA) is 82.0 Å². The third-order valence-electron chi connectivity index (χ3n) is 11.0. The molecule has 0 aliphatic rings. The molecule has 6 nitrogen and oxygen atoms in total. The number of hydrogen-bond acceptors (Lipinski definition) is 6. The van der Waals surface area contributed by atoms with E-state index in [1.807, 2.05) is 74.8 Å². The molecule has 316 valence electrons. The first-order valence-electron chi connectivity index (χ1n) is 20.6. The van der Waals surface area contributed by atoms with Crippen molar-refractivity contribution in [3.8, 4) is 61.8 Å². The minimum Gasteiger partial charge on any atom is -0.376 e. The van der Waals surface area contributed by atoms with E-state index in [0.717, 1.165) is 81.6 Å². The summed E-state index contributed by atoms with van der Waals surface area (Å²) in [5.74, 6) is -0.435. The number of nitrogens with zero attached hydrogens (tertiary/aromatic N) is 3. The fourth-order valence-electron chi connectivity index (χ4n) is 7.47. The highest BCUT2D eigenvalue weighted by Crippen LogP contribution is 2.36. The quantitative estimate of drug-likeness (QED) is 0.0848. The van der Waals surface area contributed by atoms with Crippen LogP contribution in [0, 0.1) is 20.8 Å². The second-order valence-corrected chi connectivity index (χ2v) is 17.4. The van der Waals surface area contributed by atoms with Crippen molar-refractivity contribution in [1.29, 1.82) is 0 Å². The first kappa shape index (κ1) is 42.8. The van der Waals surface area contributed by atoms with Gasteiger partial charge in [-0.05, 0) is 114 Å². The van der Waals surface area contributed by atoms with Gasteiger partial charge in [0, 0.05) is 46.9 Å². The van der Waals surface area contributed by atoms with E-state index in [1.54, 1.807) is 0 Å². The van der Waals surface area contributed by atoms with Gasteiger partial charge in [-0.3, -0.25) is 15.0 Å². The Morgan fingerprint density at radius 3 is 1.37 bits per heavy atom. The maximum atomic E-state index is 13.1. The van der Waals surface area contributed by atoms with Gasteiger partial charge >= 0.3 is 15.6 Å². The largest absolute Gasteiger partial charge is 0.534 e. The van der Waals surface area contributed by atoms with Gasteiger partial charge in [0.25, 0.3) is 0 Å². The number of hydrogen-bond donors (Lipinski definition) is 0. The molecule has 0 radical (unpaired) electrons. The molecule has 0 aliphatic carbocycles. The Bertz CT molecular complexity index is 2860. The monoisotopic (exact) mass is 859 g/mol. The van der Waals surface area contributed by atoms with Gasteiger partial charge in [-0.15, -0.1) is 0 Å². The normalized spacial score (nSPS) is 11.7. The van der Waals surface area contributed by atoms with E-state index < -0.39 is 21.4 Å². The lowest BCUT2D eigenvalue weighted by atomic mass is 9.90. The van der Waals surface area contributed by atoms with Crippen LogP contribution < -0.4 is 4.18 Å². The van der Waals surface area contributed by atoms with Crippen molar-refractivity contribution in [2.75, 3.05) is 0 Å². The van der Waals surface area contributed by atoms with E-state index in [2.05, 4.69) is 110 Å². The van der Waals surface area contributed by atoms with Crippen LogP contribution in [0.25, 0.3) is 56.0 Å². The van der Waals surface area contributed by atoms with E-state index >= 15 is 0 Å². The number of alkyl halides is 3. The van der Waals surface area contributed by atoms with Crippen molar-refractivity contribution in [1.82, 2.24) is 15.0 Å².